The minimum atomic E-state index is -0.378. The molecule has 0 saturated carbocycles. The highest BCUT2D eigenvalue weighted by Crippen LogP contribution is 2.08. The minimum Gasteiger partial charge on any atom is -0.472 e. The predicted molar refractivity (Wildman–Crippen MR) is 74.0 cm³/mol. The quantitative estimate of drug-likeness (QED) is 0.881. The van der Waals surface area contributed by atoms with Gasteiger partial charge in [-0.05, 0) is 30.2 Å². The van der Waals surface area contributed by atoms with Crippen LogP contribution in [-0.2, 0) is 11.3 Å². The Morgan fingerprint density at radius 1 is 1.24 bits per heavy atom. The van der Waals surface area contributed by atoms with Gasteiger partial charge in [-0.15, -0.1) is 0 Å². The van der Waals surface area contributed by atoms with Crippen LogP contribution in [0.5, 0.6) is 0 Å². The van der Waals surface area contributed by atoms with Gasteiger partial charge in [0.1, 0.15) is 12.1 Å². The molecular weight excluding hydrogens is 275 g/mol. The second kappa shape index (κ2) is 6.69. The maximum absolute atomic E-state index is 13.1. The van der Waals surface area contributed by atoms with E-state index < -0.39 is 0 Å². The zero-order valence-electron chi connectivity index (χ0n) is 11.5. The Balaban J connectivity index is 1.77. The minimum absolute atomic E-state index is 0.135. The Kier molecular flexibility index (Phi) is 4.71. The molecule has 2 amide bonds. The SMILES string of the molecule is Cc1cc(CNC(=O)CNC(=O)c2ccoc2)ccc1F. The number of furan rings is 1. The second-order valence-corrected chi connectivity index (χ2v) is 4.55. The van der Waals surface area contributed by atoms with Gasteiger partial charge in [-0.25, -0.2) is 4.39 Å². The van der Waals surface area contributed by atoms with E-state index in [9.17, 15) is 14.0 Å². The summed E-state index contributed by atoms with van der Waals surface area (Å²) in [5.41, 5.74) is 1.68. The van der Waals surface area contributed by atoms with Crippen LogP contribution in [0.1, 0.15) is 21.5 Å². The molecule has 0 aliphatic carbocycles. The van der Waals surface area contributed by atoms with Crippen LogP contribution in [0.2, 0.25) is 0 Å². The van der Waals surface area contributed by atoms with E-state index in [0.717, 1.165) is 5.56 Å². The monoisotopic (exact) mass is 290 g/mol. The van der Waals surface area contributed by atoms with Gasteiger partial charge in [-0.2, -0.15) is 0 Å². The summed E-state index contributed by atoms with van der Waals surface area (Å²) in [6, 6.07) is 6.14. The third-order valence-electron chi connectivity index (χ3n) is 2.90. The van der Waals surface area contributed by atoms with Crippen LogP contribution in [0.3, 0.4) is 0 Å². The molecule has 2 N–H and O–H groups in total. The van der Waals surface area contributed by atoms with Crippen LogP contribution in [0, 0.1) is 12.7 Å². The molecule has 2 rings (SSSR count). The van der Waals surface area contributed by atoms with Crippen molar-refractivity contribution in [1.29, 1.82) is 0 Å². The van der Waals surface area contributed by atoms with Gasteiger partial charge in [0.05, 0.1) is 18.4 Å². The van der Waals surface area contributed by atoms with Gasteiger partial charge in [0.25, 0.3) is 5.91 Å². The van der Waals surface area contributed by atoms with Crippen LogP contribution in [0.4, 0.5) is 4.39 Å². The zero-order valence-corrected chi connectivity index (χ0v) is 11.5. The highest BCUT2D eigenvalue weighted by molar-refractivity contribution is 5.96. The smallest absolute Gasteiger partial charge is 0.254 e. The third kappa shape index (κ3) is 4.17. The molecule has 1 heterocycles. The molecule has 6 heteroatoms. The molecule has 0 bridgehead atoms. The number of hydrogen-bond acceptors (Lipinski definition) is 3. The van der Waals surface area contributed by atoms with Crippen molar-refractivity contribution in [2.45, 2.75) is 13.5 Å². The fourth-order valence-corrected chi connectivity index (χ4v) is 1.74. The third-order valence-corrected chi connectivity index (χ3v) is 2.90. The number of rotatable bonds is 5. The Morgan fingerprint density at radius 2 is 2.05 bits per heavy atom. The molecular formula is C15H15FN2O3. The van der Waals surface area contributed by atoms with Crippen LogP contribution in [0.15, 0.2) is 41.2 Å². The van der Waals surface area contributed by atoms with E-state index in [1.807, 2.05) is 0 Å². The fourth-order valence-electron chi connectivity index (χ4n) is 1.74. The molecule has 0 unspecified atom stereocenters. The lowest BCUT2D eigenvalue weighted by atomic mass is 10.1. The molecule has 2 aromatic rings. The molecule has 0 aliphatic heterocycles. The highest BCUT2D eigenvalue weighted by Gasteiger charge is 2.09. The number of carbonyl (C=O) groups excluding carboxylic acids is 2. The molecule has 0 aliphatic rings. The van der Waals surface area contributed by atoms with Crippen molar-refractivity contribution in [2.75, 3.05) is 6.54 Å². The van der Waals surface area contributed by atoms with Crippen molar-refractivity contribution in [3.05, 3.63) is 59.3 Å². The van der Waals surface area contributed by atoms with E-state index in [2.05, 4.69) is 10.6 Å². The van der Waals surface area contributed by atoms with Gasteiger partial charge < -0.3 is 15.1 Å². The normalized spacial score (nSPS) is 10.2. The maximum Gasteiger partial charge on any atom is 0.254 e. The molecule has 0 saturated heterocycles. The average molecular weight is 290 g/mol. The Labute approximate surface area is 121 Å². The first-order valence-corrected chi connectivity index (χ1v) is 6.38. The summed E-state index contributed by atoms with van der Waals surface area (Å²) in [5, 5.41) is 5.12. The number of nitrogens with one attached hydrogen (secondary N) is 2. The summed E-state index contributed by atoms with van der Waals surface area (Å²) >= 11 is 0. The molecule has 5 nitrogen and oxygen atoms in total. The Bertz CT molecular complexity index is 638. The van der Waals surface area contributed by atoms with Gasteiger partial charge in [0.15, 0.2) is 0 Å². The van der Waals surface area contributed by atoms with Gasteiger partial charge in [0, 0.05) is 6.54 Å². The van der Waals surface area contributed by atoms with Gasteiger partial charge in [0.2, 0.25) is 5.91 Å². The number of aryl methyl sites for hydroxylation is 1. The number of carbonyl (C=O) groups is 2. The lowest BCUT2D eigenvalue weighted by molar-refractivity contribution is -0.120. The first kappa shape index (κ1) is 14.8. The maximum atomic E-state index is 13.1. The van der Waals surface area contributed by atoms with Crippen molar-refractivity contribution in [3.8, 4) is 0 Å². The zero-order chi connectivity index (χ0) is 15.2. The average Bonchev–Trinajstić information content (AvgIpc) is 3.00. The second-order valence-electron chi connectivity index (χ2n) is 4.55. The summed E-state index contributed by atoms with van der Waals surface area (Å²) in [6.07, 6.45) is 2.68. The summed E-state index contributed by atoms with van der Waals surface area (Å²) in [7, 11) is 0. The summed E-state index contributed by atoms with van der Waals surface area (Å²) in [5.74, 6) is -0.984. The van der Waals surface area contributed by atoms with E-state index in [-0.39, 0.29) is 30.7 Å². The molecule has 1 aromatic carbocycles. The van der Waals surface area contributed by atoms with Crippen LogP contribution in [0.25, 0.3) is 0 Å². The van der Waals surface area contributed by atoms with Crippen molar-refractivity contribution in [3.63, 3.8) is 0 Å². The molecule has 1 aromatic heterocycles. The van der Waals surface area contributed by atoms with Gasteiger partial charge in [-0.3, -0.25) is 9.59 Å². The predicted octanol–water partition coefficient (Wildman–Crippen LogP) is 1.77. The number of halogens is 1. The first-order valence-electron chi connectivity index (χ1n) is 6.38. The summed E-state index contributed by atoms with van der Waals surface area (Å²) in [4.78, 5) is 23.2. The highest BCUT2D eigenvalue weighted by atomic mass is 19.1. The standard InChI is InChI=1S/C15H15FN2O3/c1-10-6-11(2-3-13(10)16)7-17-14(19)8-18-15(20)12-4-5-21-9-12/h2-6,9H,7-8H2,1H3,(H,17,19)(H,18,20). The van der Waals surface area contributed by atoms with Crippen molar-refractivity contribution in [1.82, 2.24) is 10.6 Å². The summed E-state index contributed by atoms with van der Waals surface area (Å²) < 4.78 is 17.9. The molecule has 0 spiro atoms. The molecule has 0 atom stereocenters. The lowest BCUT2D eigenvalue weighted by Gasteiger charge is -2.07. The fraction of sp³-hybridized carbons (Fsp3) is 0.200. The number of hydrogen-bond donors (Lipinski definition) is 2. The van der Waals surface area contributed by atoms with Crippen molar-refractivity contribution >= 4 is 11.8 Å². The first-order chi connectivity index (χ1) is 10.1. The van der Waals surface area contributed by atoms with Crippen LogP contribution >= 0.6 is 0 Å². The van der Waals surface area contributed by atoms with Gasteiger partial charge >= 0.3 is 0 Å². The Morgan fingerprint density at radius 3 is 2.71 bits per heavy atom. The van der Waals surface area contributed by atoms with Crippen LogP contribution < -0.4 is 10.6 Å². The number of amides is 2. The number of benzene rings is 1. The molecule has 21 heavy (non-hydrogen) atoms. The van der Waals surface area contributed by atoms with Crippen LogP contribution in [-0.4, -0.2) is 18.4 Å². The Hall–Kier alpha value is -2.63. The molecule has 110 valence electrons. The lowest BCUT2D eigenvalue weighted by Crippen LogP contribution is -2.36. The molecule has 0 fully saturated rings. The van der Waals surface area contributed by atoms with E-state index in [1.165, 1.54) is 24.7 Å². The van der Waals surface area contributed by atoms with Gasteiger partial charge in [-0.1, -0.05) is 12.1 Å². The van der Waals surface area contributed by atoms with E-state index in [0.29, 0.717) is 11.1 Å². The van der Waals surface area contributed by atoms with E-state index >= 15 is 0 Å². The topological polar surface area (TPSA) is 71.3 Å². The molecule has 0 radical (unpaired) electrons. The summed E-state index contributed by atoms with van der Waals surface area (Å²) in [6.45, 7) is 1.80. The van der Waals surface area contributed by atoms with Crippen molar-refractivity contribution < 1.29 is 18.4 Å². The van der Waals surface area contributed by atoms with Crippen molar-refractivity contribution in [2.24, 2.45) is 0 Å². The van der Waals surface area contributed by atoms with E-state index in [1.54, 1.807) is 19.1 Å². The van der Waals surface area contributed by atoms with E-state index in [4.69, 9.17) is 4.42 Å². The largest absolute Gasteiger partial charge is 0.472 e.